The molecule has 0 aliphatic carbocycles. The molecular formula is C11H21N3O. The third kappa shape index (κ3) is 3.02. The second-order valence-corrected chi connectivity index (χ2v) is 4.71. The van der Waals surface area contributed by atoms with Crippen LogP contribution in [0.3, 0.4) is 0 Å². The quantitative estimate of drug-likeness (QED) is 0.806. The molecule has 0 fully saturated rings. The van der Waals surface area contributed by atoms with Gasteiger partial charge in [-0.15, -0.1) is 10.2 Å². The van der Waals surface area contributed by atoms with Crippen molar-refractivity contribution >= 4 is 0 Å². The molecule has 0 atom stereocenters. The van der Waals surface area contributed by atoms with Gasteiger partial charge in [0.15, 0.2) is 5.82 Å². The molecule has 1 aromatic rings. The van der Waals surface area contributed by atoms with E-state index in [9.17, 15) is 0 Å². The standard InChI is InChI=1S/C11H21N3O/c1-8(2)10(9(3)4)5-14-7-12-13-11(14)6-15/h7-10,15H,5-6H2,1-4H3. The zero-order chi connectivity index (χ0) is 11.4. The molecule has 4 nitrogen and oxygen atoms in total. The van der Waals surface area contributed by atoms with E-state index >= 15 is 0 Å². The summed E-state index contributed by atoms with van der Waals surface area (Å²) in [5, 5.41) is 16.8. The van der Waals surface area contributed by atoms with Crippen molar-refractivity contribution in [1.82, 2.24) is 14.8 Å². The van der Waals surface area contributed by atoms with Gasteiger partial charge in [-0.05, 0) is 17.8 Å². The number of rotatable bonds is 5. The Hall–Kier alpha value is -0.900. The first-order valence-corrected chi connectivity index (χ1v) is 5.53. The SMILES string of the molecule is CC(C)C(Cn1cnnc1CO)C(C)C. The second-order valence-electron chi connectivity index (χ2n) is 4.71. The maximum absolute atomic E-state index is 9.07. The first kappa shape index (κ1) is 12.2. The van der Waals surface area contributed by atoms with E-state index in [1.165, 1.54) is 0 Å². The smallest absolute Gasteiger partial charge is 0.158 e. The van der Waals surface area contributed by atoms with Gasteiger partial charge < -0.3 is 9.67 Å². The van der Waals surface area contributed by atoms with Crippen molar-refractivity contribution in [3.8, 4) is 0 Å². The van der Waals surface area contributed by atoms with Crippen LogP contribution in [0.1, 0.15) is 33.5 Å². The van der Waals surface area contributed by atoms with Crippen LogP contribution >= 0.6 is 0 Å². The fourth-order valence-electron chi connectivity index (χ4n) is 1.97. The molecule has 0 amide bonds. The van der Waals surface area contributed by atoms with Crippen molar-refractivity contribution in [2.75, 3.05) is 0 Å². The maximum Gasteiger partial charge on any atom is 0.158 e. The summed E-state index contributed by atoms with van der Waals surface area (Å²) < 4.78 is 1.95. The molecule has 0 aliphatic rings. The van der Waals surface area contributed by atoms with Gasteiger partial charge in [-0.3, -0.25) is 0 Å². The van der Waals surface area contributed by atoms with Gasteiger partial charge in [0.25, 0.3) is 0 Å². The fraction of sp³-hybridized carbons (Fsp3) is 0.818. The average Bonchev–Trinajstić information content (AvgIpc) is 2.59. The topological polar surface area (TPSA) is 50.9 Å². The summed E-state index contributed by atoms with van der Waals surface area (Å²) in [5.74, 6) is 2.49. The van der Waals surface area contributed by atoms with Crippen molar-refractivity contribution < 1.29 is 5.11 Å². The molecule has 0 saturated heterocycles. The summed E-state index contributed by atoms with van der Waals surface area (Å²) in [7, 11) is 0. The molecule has 1 N–H and O–H groups in total. The van der Waals surface area contributed by atoms with E-state index in [2.05, 4.69) is 37.9 Å². The minimum atomic E-state index is -0.0388. The van der Waals surface area contributed by atoms with Crippen LogP contribution in [0, 0.1) is 17.8 Å². The van der Waals surface area contributed by atoms with Crippen molar-refractivity contribution in [3.63, 3.8) is 0 Å². The first-order valence-electron chi connectivity index (χ1n) is 5.53. The second kappa shape index (κ2) is 5.26. The lowest BCUT2D eigenvalue weighted by Crippen LogP contribution is -2.22. The van der Waals surface area contributed by atoms with Crippen LogP contribution in [0.15, 0.2) is 6.33 Å². The Labute approximate surface area is 91.3 Å². The molecular weight excluding hydrogens is 190 g/mol. The number of hydrogen-bond acceptors (Lipinski definition) is 3. The van der Waals surface area contributed by atoms with E-state index < -0.39 is 0 Å². The lowest BCUT2D eigenvalue weighted by molar-refractivity contribution is 0.229. The van der Waals surface area contributed by atoms with E-state index in [1.54, 1.807) is 6.33 Å². The van der Waals surface area contributed by atoms with Crippen LogP contribution in [-0.4, -0.2) is 19.9 Å². The number of hydrogen-bond donors (Lipinski definition) is 1. The maximum atomic E-state index is 9.07. The summed E-state index contributed by atoms with van der Waals surface area (Å²) in [6.07, 6.45) is 1.70. The number of aliphatic hydroxyl groups excluding tert-OH is 1. The minimum Gasteiger partial charge on any atom is -0.388 e. The Kier molecular flexibility index (Phi) is 4.27. The highest BCUT2D eigenvalue weighted by atomic mass is 16.3. The van der Waals surface area contributed by atoms with Crippen LogP contribution in [-0.2, 0) is 13.2 Å². The van der Waals surface area contributed by atoms with Crippen LogP contribution in [0.2, 0.25) is 0 Å². The highest BCUT2D eigenvalue weighted by Crippen LogP contribution is 2.22. The Bertz CT molecular complexity index is 286. The predicted molar refractivity (Wildman–Crippen MR) is 59.1 cm³/mol. The molecule has 1 aromatic heterocycles. The van der Waals surface area contributed by atoms with E-state index in [-0.39, 0.29) is 6.61 Å². The number of nitrogens with zero attached hydrogens (tertiary/aromatic N) is 3. The van der Waals surface area contributed by atoms with Gasteiger partial charge in [-0.1, -0.05) is 27.7 Å². The molecule has 1 heterocycles. The number of aliphatic hydroxyl groups is 1. The van der Waals surface area contributed by atoms with Crippen molar-refractivity contribution in [1.29, 1.82) is 0 Å². The molecule has 0 radical (unpaired) electrons. The molecule has 0 bridgehead atoms. The highest BCUT2D eigenvalue weighted by molar-refractivity contribution is 4.84. The summed E-state index contributed by atoms with van der Waals surface area (Å²) in [6.45, 7) is 9.77. The largest absolute Gasteiger partial charge is 0.388 e. The van der Waals surface area contributed by atoms with Gasteiger partial charge >= 0.3 is 0 Å². The van der Waals surface area contributed by atoms with Gasteiger partial charge in [0.1, 0.15) is 12.9 Å². The number of aromatic nitrogens is 3. The first-order chi connectivity index (χ1) is 7.06. The third-order valence-corrected chi connectivity index (χ3v) is 2.96. The Balaban J connectivity index is 2.74. The van der Waals surface area contributed by atoms with Gasteiger partial charge in [-0.2, -0.15) is 0 Å². The zero-order valence-corrected chi connectivity index (χ0v) is 10.0. The van der Waals surface area contributed by atoms with Crippen molar-refractivity contribution in [3.05, 3.63) is 12.2 Å². The monoisotopic (exact) mass is 211 g/mol. The fourth-order valence-corrected chi connectivity index (χ4v) is 1.97. The summed E-state index contributed by atoms with van der Waals surface area (Å²) in [6, 6.07) is 0. The molecule has 0 aliphatic heterocycles. The average molecular weight is 211 g/mol. The lowest BCUT2D eigenvalue weighted by Gasteiger charge is -2.25. The summed E-state index contributed by atoms with van der Waals surface area (Å²) in [4.78, 5) is 0. The zero-order valence-electron chi connectivity index (χ0n) is 10.0. The molecule has 0 spiro atoms. The molecule has 0 aromatic carbocycles. The van der Waals surface area contributed by atoms with Crippen molar-refractivity contribution in [2.24, 2.45) is 17.8 Å². The summed E-state index contributed by atoms with van der Waals surface area (Å²) >= 11 is 0. The molecule has 0 saturated carbocycles. The predicted octanol–water partition coefficient (Wildman–Crippen LogP) is 1.70. The van der Waals surface area contributed by atoms with E-state index in [4.69, 9.17) is 5.11 Å². The minimum absolute atomic E-state index is 0.0388. The van der Waals surface area contributed by atoms with Crippen LogP contribution in [0.5, 0.6) is 0 Å². The summed E-state index contributed by atoms with van der Waals surface area (Å²) in [5.41, 5.74) is 0. The van der Waals surface area contributed by atoms with Crippen molar-refractivity contribution in [2.45, 2.75) is 40.8 Å². The van der Waals surface area contributed by atoms with Crippen LogP contribution < -0.4 is 0 Å². The van der Waals surface area contributed by atoms with Gasteiger partial charge in [0, 0.05) is 6.54 Å². The lowest BCUT2D eigenvalue weighted by atomic mass is 9.85. The Morgan fingerprint density at radius 1 is 1.27 bits per heavy atom. The molecule has 0 unspecified atom stereocenters. The van der Waals surface area contributed by atoms with Crippen LogP contribution in [0.4, 0.5) is 0 Å². The van der Waals surface area contributed by atoms with Crippen LogP contribution in [0.25, 0.3) is 0 Å². The third-order valence-electron chi connectivity index (χ3n) is 2.96. The molecule has 86 valence electrons. The normalized spacial score (nSPS) is 12.0. The highest BCUT2D eigenvalue weighted by Gasteiger charge is 2.19. The Morgan fingerprint density at radius 3 is 2.33 bits per heavy atom. The van der Waals surface area contributed by atoms with E-state index in [0.717, 1.165) is 6.54 Å². The Morgan fingerprint density at radius 2 is 1.87 bits per heavy atom. The van der Waals surface area contributed by atoms with E-state index in [1.807, 2.05) is 4.57 Å². The molecule has 15 heavy (non-hydrogen) atoms. The van der Waals surface area contributed by atoms with Gasteiger partial charge in [0.05, 0.1) is 0 Å². The molecule has 4 heteroatoms. The van der Waals surface area contributed by atoms with Gasteiger partial charge in [0.2, 0.25) is 0 Å². The molecule has 1 rings (SSSR count). The van der Waals surface area contributed by atoms with E-state index in [0.29, 0.717) is 23.6 Å². The van der Waals surface area contributed by atoms with Gasteiger partial charge in [-0.25, -0.2) is 0 Å².